The fourth-order valence-corrected chi connectivity index (χ4v) is 2.12. The van der Waals surface area contributed by atoms with Crippen molar-refractivity contribution >= 4 is 23.0 Å². The van der Waals surface area contributed by atoms with E-state index in [-0.39, 0.29) is 17.3 Å². The molecule has 0 radical (unpaired) electrons. The lowest BCUT2D eigenvalue weighted by Gasteiger charge is -2.12. The fourth-order valence-electron chi connectivity index (χ4n) is 1.90. The van der Waals surface area contributed by atoms with E-state index in [1.54, 1.807) is 19.2 Å². The van der Waals surface area contributed by atoms with E-state index in [9.17, 15) is 14.5 Å². The van der Waals surface area contributed by atoms with Gasteiger partial charge in [-0.3, -0.25) is 10.1 Å². The van der Waals surface area contributed by atoms with Crippen LogP contribution in [0.4, 0.5) is 15.8 Å². The summed E-state index contributed by atoms with van der Waals surface area (Å²) in [5, 5.41) is 13.9. The number of nitrogens with one attached hydrogen (secondary N) is 1. The number of nitrogens with zero attached hydrogens (tertiary/aromatic N) is 1. The molecule has 2 aromatic rings. The maximum atomic E-state index is 12.9. The molecule has 0 heterocycles. The number of para-hydroxylation sites is 1. The van der Waals surface area contributed by atoms with E-state index in [1.807, 2.05) is 0 Å². The third-order valence-electron chi connectivity index (χ3n) is 2.85. The highest BCUT2D eigenvalue weighted by Crippen LogP contribution is 2.30. The minimum atomic E-state index is -0.472. The quantitative estimate of drug-likeness (QED) is 0.669. The lowest BCUT2D eigenvalue weighted by molar-refractivity contribution is -0.384. The molecular weight excluding hydrogens is 299 g/mol. The number of benzene rings is 2. The minimum absolute atomic E-state index is 0.0381. The first-order valence-corrected chi connectivity index (χ1v) is 6.42. The summed E-state index contributed by atoms with van der Waals surface area (Å²) in [6.07, 6.45) is 0. The van der Waals surface area contributed by atoms with Gasteiger partial charge in [0.05, 0.1) is 9.95 Å². The van der Waals surface area contributed by atoms with Crippen molar-refractivity contribution in [3.63, 3.8) is 0 Å². The van der Waals surface area contributed by atoms with Crippen molar-refractivity contribution in [3.8, 4) is 5.75 Å². The van der Waals surface area contributed by atoms with E-state index < -0.39 is 10.7 Å². The van der Waals surface area contributed by atoms with Crippen LogP contribution < -0.4 is 10.1 Å². The summed E-state index contributed by atoms with van der Waals surface area (Å²) in [5.74, 6) is -0.148. The molecule has 0 fully saturated rings. The molecule has 1 N–H and O–H groups in total. The SMILES string of the molecule is CNc1c(COc2ccc(F)cc2Cl)cccc1[N+](=O)[O-]. The number of anilines is 1. The lowest BCUT2D eigenvalue weighted by Crippen LogP contribution is -2.04. The Morgan fingerprint density at radius 3 is 2.76 bits per heavy atom. The second kappa shape index (κ2) is 6.41. The molecule has 0 amide bonds. The number of nitro groups is 1. The Morgan fingerprint density at radius 1 is 1.38 bits per heavy atom. The third-order valence-corrected chi connectivity index (χ3v) is 3.15. The van der Waals surface area contributed by atoms with Crippen molar-refractivity contribution in [3.05, 3.63) is 62.9 Å². The number of hydrogen-bond donors (Lipinski definition) is 1. The lowest BCUT2D eigenvalue weighted by atomic mass is 10.1. The van der Waals surface area contributed by atoms with Gasteiger partial charge in [0.25, 0.3) is 5.69 Å². The van der Waals surface area contributed by atoms with Crippen LogP contribution in [0.2, 0.25) is 5.02 Å². The third kappa shape index (κ3) is 3.41. The predicted octanol–water partition coefficient (Wildman–Crippen LogP) is 4.01. The summed E-state index contributed by atoms with van der Waals surface area (Å²) in [5.41, 5.74) is 0.941. The molecule has 2 aromatic carbocycles. The molecule has 0 unspecified atom stereocenters. The summed E-state index contributed by atoms with van der Waals surface area (Å²) in [6, 6.07) is 8.46. The van der Waals surface area contributed by atoms with E-state index in [4.69, 9.17) is 16.3 Å². The van der Waals surface area contributed by atoms with Crippen molar-refractivity contribution in [2.45, 2.75) is 6.61 Å². The van der Waals surface area contributed by atoms with Gasteiger partial charge in [-0.05, 0) is 18.2 Å². The highest BCUT2D eigenvalue weighted by molar-refractivity contribution is 6.32. The van der Waals surface area contributed by atoms with Gasteiger partial charge in [-0.25, -0.2) is 4.39 Å². The number of ether oxygens (including phenoxy) is 1. The first-order chi connectivity index (χ1) is 10.0. The zero-order valence-electron chi connectivity index (χ0n) is 11.1. The summed E-state index contributed by atoms with van der Waals surface area (Å²) in [6.45, 7) is 0.0726. The fraction of sp³-hybridized carbons (Fsp3) is 0.143. The van der Waals surface area contributed by atoms with E-state index in [0.29, 0.717) is 17.0 Å². The molecule has 0 aliphatic carbocycles. The van der Waals surface area contributed by atoms with Crippen LogP contribution in [-0.2, 0) is 6.61 Å². The molecule has 0 saturated carbocycles. The van der Waals surface area contributed by atoms with Crippen LogP contribution in [0.1, 0.15) is 5.56 Å². The monoisotopic (exact) mass is 310 g/mol. The molecule has 5 nitrogen and oxygen atoms in total. The van der Waals surface area contributed by atoms with Crippen LogP contribution in [0.25, 0.3) is 0 Å². The zero-order chi connectivity index (χ0) is 15.4. The average Bonchev–Trinajstić information content (AvgIpc) is 2.45. The number of rotatable bonds is 5. The topological polar surface area (TPSA) is 64.4 Å². The molecule has 21 heavy (non-hydrogen) atoms. The highest BCUT2D eigenvalue weighted by Gasteiger charge is 2.16. The first-order valence-electron chi connectivity index (χ1n) is 6.05. The van der Waals surface area contributed by atoms with Crippen LogP contribution in [0.3, 0.4) is 0 Å². The van der Waals surface area contributed by atoms with Crippen LogP contribution in [0, 0.1) is 15.9 Å². The van der Waals surface area contributed by atoms with Gasteiger partial charge in [-0.2, -0.15) is 0 Å². The molecule has 110 valence electrons. The van der Waals surface area contributed by atoms with Crippen LogP contribution in [0.15, 0.2) is 36.4 Å². The number of halogens is 2. The minimum Gasteiger partial charge on any atom is -0.487 e. The molecule has 0 aromatic heterocycles. The summed E-state index contributed by atoms with van der Waals surface area (Å²) < 4.78 is 18.4. The van der Waals surface area contributed by atoms with Crippen LogP contribution >= 0.6 is 11.6 Å². The number of hydrogen-bond acceptors (Lipinski definition) is 4. The molecule has 7 heteroatoms. The Labute approximate surface area is 125 Å². The van der Waals surface area contributed by atoms with E-state index in [0.717, 1.165) is 6.07 Å². The molecule has 0 aliphatic rings. The molecule has 0 bridgehead atoms. The smallest absolute Gasteiger partial charge is 0.292 e. The largest absolute Gasteiger partial charge is 0.487 e. The normalized spacial score (nSPS) is 10.2. The Morgan fingerprint density at radius 2 is 2.14 bits per heavy atom. The van der Waals surface area contributed by atoms with Crippen molar-refractivity contribution in [2.24, 2.45) is 0 Å². The first kappa shape index (κ1) is 15.1. The Bertz CT molecular complexity index is 679. The van der Waals surface area contributed by atoms with Gasteiger partial charge in [0.15, 0.2) is 0 Å². The van der Waals surface area contributed by atoms with Gasteiger partial charge in [-0.1, -0.05) is 23.7 Å². The molecule has 0 atom stereocenters. The summed E-state index contributed by atoms with van der Waals surface area (Å²) >= 11 is 5.86. The molecule has 0 aliphatic heterocycles. The van der Waals surface area contributed by atoms with Gasteiger partial charge >= 0.3 is 0 Å². The van der Waals surface area contributed by atoms with E-state index in [1.165, 1.54) is 18.2 Å². The maximum Gasteiger partial charge on any atom is 0.292 e. The van der Waals surface area contributed by atoms with Crippen LogP contribution in [-0.4, -0.2) is 12.0 Å². The molecule has 2 rings (SSSR count). The van der Waals surface area contributed by atoms with Gasteiger partial charge in [-0.15, -0.1) is 0 Å². The van der Waals surface area contributed by atoms with Gasteiger partial charge in [0.2, 0.25) is 0 Å². The Kier molecular flexibility index (Phi) is 4.59. The van der Waals surface area contributed by atoms with Crippen molar-refractivity contribution in [1.29, 1.82) is 0 Å². The van der Waals surface area contributed by atoms with E-state index >= 15 is 0 Å². The second-order valence-corrected chi connectivity index (χ2v) is 4.59. The molecular formula is C14H12ClFN2O3. The van der Waals surface area contributed by atoms with Gasteiger partial charge in [0.1, 0.15) is 23.9 Å². The number of nitro benzene ring substituents is 1. The van der Waals surface area contributed by atoms with Gasteiger partial charge in [0, 0.05) is 18.7 Å². The highest BCUT2D eigenvalue weighted by atomic mass is 35.5. The van der Waals surface area contributed by atoms with Gasteiger partial charge < -0.3 is 10.1 Å². The van der Waals surface area contributed by atoms with Crippen LogP contribution in [0.5, 0.6) is 5.75 Å². The second-order valence-electron chi connectivity index (χ2n) is 4.18. The molecule has 0 saturated heterocycles. The standard InChI is InChI=1S/C14H12ClFN2O3/c1-17-14-9(3-2-4-12(14)18(19)20)8-21-13-6-5-10(16)7-11(13)15/h2-7,17H,8H2,1H3. The van der Waals surface area contributed by atoms with Crippen molar-refractivity contribution in [2.75, 3.05) is 12.4 Å². The molecule has 0 spiro atoms. The summed E-state index contributed by atoms with van der Waals surface area (Å²) in [4.78, 5) is 10.5. The van der Waals surface area contributed by atoms with E-state index in [2.05, 4.69) is 5.32 Å². The van der Waals surface area contributed by atoms with Crippen molar-refractivity contribution in [1.82, 2.24) is 0 Å². The average molecular weight is 311 g/mol. The summed E-state index contributed by atoms with van der Waals surface area (Å²) in [7, 11) is 1.59. The van der Waals surface area contributed by atoms with Crippen molar-refractivity contribution < 1.29 is 14.1 Å². The Balaban J connectivity index is 2.24. The predicted molar refractivity (Wildman–Crippen MR) is 78.4 cm³/mol. The zero-order valence-corrected chi connectivity index (χ0v) is 11.9. The Hall–Kier alpha value is -2.34. The maximum absolute atomic E-state index is 12.9.